The van der Waals surface area contributed by atoms with Gasteiger partial charge in [-0.05, 0) is 36.5 Å². The largest absolute Gasteiger partial charge is 0.369 e. The summed E-state index contributed by atoms with van der Waals surface area (Å²) in [5, 5.41) is 0. The molecule has 12 heavy (non-hydrogen) atoms. The molecule has 5 fully saturated rings. The third-order valence-corrected chi connectivity index (χ3v) is 4.99. The van der Waals surface area contributed by atoms with E-state index in [1.807, 2.05) is 0 Å². The maximum absolute atomic E-state index is 5.69. The van der Waals surface area contributed by atoms with Gasteiger partial charge in [0.25, 0.3) is 0 Å². The van der Waals surface area contributed by atoms with Gasteiger partial charge in [-0.1, -0.05) is 0 Å². The number of hydrogen-bond donors (Lipinski definition) is 0. The molecule has 2 saturated heterocycles. The van der Waals surface area contributed by atoms with Gasteiger partial charge in [0, 0.05) is 0 Å². The first-order valence-corrected chi connectivity index (χ1v) is 5.24. The first kappa shape index (κ1) is 5.61. The predicted octanol–water partition coefficient (Wildman–Crippen LogP) is 0.807. The lowest BCUT2D eigenvalue weighted by atomic mass is 9.81. The van der Waals surface area contributed by atoms with Crippen LogP contribution < -0.4 is 0 Å². The van der Waals surface area contributed by atoms with E-state index in [0.29, 0.717) is 24.4 Å². The van der Waals surface area contributed by atoms with Gasteiger partial charge in [0.05, 0.1) is 24.4 Å². The summed E-state index contributed by atoms with van der Waals surface area (Å²) < 4.78 is 11.3. The van der Waals surface area contributed by atoms with Crippen LogP contribution in [-0.4, -0.2) is 24.4 Å². The molecule has 0 amide bonds. The van der Waals surface area contributed by atoms with Crippen molar-refractivity contribution in [2.45, 2.75) is 37.3 Å². The number of fused-ring (bicyclic) bond motifs is 10. The molecular formula is C10H12O2. The molecule has 5 rings (SSSR count). The Balaban J connectivity index is 1.66. The zero-order valence-electron chi connectivity index (χ0n) is 6.85. The van der Waals surface area contributed by atoms with Crippen molar-refractivity contribution in [1.82, 2.24) is 0 Å². The lowest BCUT2D eigenvalue weighted by Gasteiger charge is -2.22. The lowest BCUT2D eigenvalue weighted by molar-refractivity contribution is 0.162. The van der Waals surface area contributed by atoms with E-state index in [1.165, 1.54) is 12.8 Å². The number of ether oxygens (including phenoxy) is 2. The molecule has 2 bridgehead atoms. The molecule has 0 radical (unpaired) electrons. The fourth-order valence-electron chi connectivity index (χ4n) is 4.58. The van der Waals surface area contributed by atoms with Crippen LogP contribution in [0.3, 0.4) is 0 Å². The molecule has 2 nitrogen and oxygen atoms in total. The van der Waals surface area contributed by atoms with Crippen LogP contribution in [-0.2, 0) is 9.47 Å². The lowest BCUT2D eigenvalue weighted by Crippen LogP contribution is -2.27. The molecule has 0 aromatic heterocycles. The molecule has 8 atom stereocenters. The predicted molar refractivity (Wildman–Crippen MR) is 40.5 cm³/mol. The summed E-state index contributed by atoms with van der Waals surface area (Å²) in [5.74, 6) is 3.77. The van der Waals surface area contributed by atoms with Crippen LogP contribution in [0, 0.1) is 23.7 Å². The molecule has 2 aliphatic heterocycles. The Bertz CT molecular complexity index is 273. The van der Waals surface area contributed by atoms with Crippen molar-refractivity contribution in [3.8, 4) is 0 Å². The van der Waals surface area contributed by atoms with E-state index in [0.717, 1.165) is 23.7 Å². The highest BCUT2D eigenvalue weighted by atomic mass is 16.6. The monoisotopic (exact) mass is 164 g/mol. The third kappa shape index (κ3) is 0.409. The average molecular weight is 164 g/mol. The molecule has 2 heterocycles. The first-order chi connectivity index (χ1) is 5.93. The first-order valence-electron chi connectivity index (χ1n) is 5.24. The van der Waals surface area contributed by atoms with Crippen molar-refractivity contribution in [2.75, 3.05) is 0 Å². The second-order valence-corrected chi connectivity index (χ2v) is 5.24. The summed E-state index contributed by atoms with van der Waals surface area (Å²) in [6.45, 7) is 0. The molecule has 0 N–H and O–H groups in total. The zero-order valence-corrected chi connectivity index (χ0v) is 6.85. The Morgan fingerprint density at radius 1 is 0.750 bits per heavy atom. The van der Waals surface area contributed by atoms with Crippen LogP contribution >= 0.6 is 0 Å². The molecule has 0 aromatic carbocycles. The maximum atomic E-state index is 5.69. The van der Waals surface area contributed by atoms with E-state index in [2.05, 4.69) is 0 Å². The minimum atomic E-state index is 0.676. The van der Waals surface area contributed by atoms with Crippen LogP contribution in [0.4, 0.5) is 0 Å². The average Bonchev–Trinajstić information content (AvgIpc) is 2.92. The second kappa shape index (κ2) is 1.38. The quantitative estimate of drug-likeness (QED) is 0.495. The maximum Gasteiger partial charge on any atom is 0.0876 e. The number of hydrogen-bond acceptors (Lipinski definition) is 2. The molecule has 3 saturated carbocycles. The Morgan fingerprint density at radius 3 is 2.67 bits per heavy atom. The van der Waals surface area contributed by atoms with Gasteiger partial charge in [0.2, 0.25) is 0 Å². The van der Waals surface area contributed by atoms with Crippen molar-refractivity contribution in [3.05, 3.63) is 0 Å². The normalized spacial score (nSPS) is 80.0. The molecule has 64 valence electrons. The summed E-state index contributed by atoms with van der Waals surface area (Å²) in [7, 11) is 0. The highest BCUT2D eigenvalue weighted by Crippen LogP contribution is 2.69. The van der Waals surface area contributed by atoms with Gasteiger partial charge in [-0.2, -0.15) is 0 Å². The molecule has 0 spiro atoms. The van der Waals surface area contributed by atoms with E-state index in [9.17, 15) is 0 Å². The van der Waals surface area contributed by atoms with Crippen LogP contribution in [0.5, 0.6) is 0 Å². The summed E-state index contributed by atoms with van der Waals surface area (Å²) >= 11 is 0. The van der Waals surface area contributed by atoms with Crippen molar-refractivity contribution < 1.29 is 9.47 Å². The number of epoxide rings is 2. The Kier molecular flexibility index (Phi) is 0.644. The standard InChI is InChI=1S/C10H12O2/c1-4-3-2-6-10(11-6)7(3)5(1)9-8(4)12-9/h3-10H,1-2H2/t3-,4-,5+,6-,7+,8-,9+,10-/m0/s1. The van der Waals surface area contributed by atoms with Crippen molar-refractivity contribution in [2.24, 2.45) is 23.7 Å². The van der Waals surface area contributed by atoms with Gasteiger partial charge in [-0.15, -0.1) is 0 Å². The second-order valence-electron chi connectivity index (χ2n) is 5.24. The summed E-state index contributed by atoms with van der Waals surface area (Å²) in [4.78, 5) is 0. The van der Waals surface area contributed by atoms with E-state index in [-0.39, 0.29) is 0 Å². The van der Waals surface area contributed by atoms with Gasteiger partial charge in [0.1, 0.15) is 0 Å². The van der Waals surface area contributed by atoms with Gasteiger partial charge >= 0.3 is 0 Å². The fourth-order valence-corrected chi connectivity index (χ4v) is 4.58. The van der Waals surface area contributed by atoms with Gasteiger partial charge < -0.3 is 9.47 Å². The van der Waals surface area contributed by atoms with Crippen molar-refractivity contribution >= 4 is 0 Å². The van der Waals surface area contributed by atoms with Crippen molar-refractivity contribution in [1.29, 1.82) is 0 Å². The topological polar surface area (TPSA) is 25.1 Å². The smallest absolute Gasteiger partial charge is 0.0876 e. The molecule has 0 aromatic rings. The van der Waals surface area contributed by atoms with Crippen LogP contribution in [0.2, 0.25) is 0 Å². The highest BCUT2D eigenvalue weighted by molar-refractivity contribution is 5.21. The zero-order chi connectivity index (χ0) is 7.45. The highest BCUT2D eigenvalue weighted by Gasteiger charge is 2.74. The van der Waals surface area contributed by atoms with E-state index < -0.39 is 0 Å². The van der Waals surface area contributed by atoms with Gasteiger partial charge in [-0.25, -0.2) is 0 Å². The summed E-state index contributed by atoms with van der Waals surface area (Å²) in [6.07, 6.45) is 5.58. The van der Waals surface area contributed by atoms with Gasteiger partial charge in [0.15, 0.2) is 0 Å². The molecular weight excluding hydrogens is 152 g/mol. The van der Waals surface area contributed by atoms with Crippen LogP contribution in [0.15, 0.2) is 0 Å². The van der Waals surface area contributed by atoms with Gasteiger partial charge in [-0.3, -0.25) is 0 Å². The number of rotatable bonds is 0. The summed E-state index contributed by atoms with van der Waals surface area (Å²) in [5.41, 5.74) is 0. The Labute approximate surface area is 71.2 Å². The SMILES string of the molecule is C1[C@H]2[C@@H]3C[C@@H]4O[C@@H]4[C@H]3[C@@H]1[C@H]1O[C@@H]21. The fraction of sp³-hybridized carbons (Fsp3) is 1.00. The van der Waals surface area contributed by atoms with Crippen LogP contribution in [0.25, 0.3) is 0 Å². The molecule has 5 aliphatic rings. The van der Waals surface area contributed by atoms with Crippen molar-refractivity contribution in [3.63, 3.8) is 0 Å². The molecule has 3 aliphatic carbocycles. The van der Waals surface area contributed by atoms with E-state index >= 15 is 0 Å². The van der Waals surface area contributed by atoms with E-state index in [1.54, 1.807) is 0 Å². The molecule has 2 heteroatoms. The minimum Gasteiger partial charge on any atom is -0.369 e. The summed E-state index contributed by atoms with van der Waals surface area (Å²) in [6, 6.07) is 0. The van der Waals surface area contributed by atoms with E-state index in [4.69, 9.17) is 9.47 Å². The minimum absolute atomic E-state index is 0.676. The Morgan fingerprint density at radius 2 is 1.67 bits per heavy atom. The Hall–Kier alpha value is -0.0800. The molecule has 0 unspecified atom stereocenters. The third-order valence-electron chi connectivity index (χ3n) is 4.99. The van der Waals surface area contributed by atoms with Crippen LogP contribution in [0.1, 0.15) is 12.8 Å².